The zero-order valence-electron chi connectivity index (χ0n) is 9.03. The van der Waals surface area contributed by atoms with Gasteiger partial charge in [-0.1, -0.05) is 29.8 Å². The predicted octanol–water partition coefficient (Wildman–Crippen LogP) is 3.30. The molecule has 2 rings (SSSR count). The van der Waals surface area contributed by atoms with Gasteiger partial charge in [-0.2, -0.15) is 0 Å². The molecule has 0 aliphatic rings. The van der Waals surface area contributed by atoms with Crippen molar-refractivity contribution >= 4 is 44.8 Å². The van der Waals surface area contributed by atoms with Crippen LogP contribution in [0.3, 0.4) is 0 Å². The monoisotopic (exact) mass is 268 g/mol. The number of ketones is 1. The first-order valence-corrected chi connectivity index (χ1v) is 6.23. The highest BCUT2D eigenvalue weighted by Gasteiger charge is 2.24. The molecule has 88 valence electrons. The highest BCUT2D eigenvalue weighted by Crippen LogP contribution is 2.35. The first kappa shape index (κ1) is 12.1. The molecule has 0 aliphatic carbocycles. The van der Waals surface area contributed by atoms with Crippen LogP contribution in [0, 0.1) is 0 Å². The molecular weight excluding hydrogens is 260 g/mol. The fourth-order valence-corrected chi connectivity index (χ4v) is 2.89. The summed E-state index contributed by atoms with van der Waals surface area (Å²) in [4.78, 5) is 23.4. The smallest absolute Gasteiger partial charge is 0.380 e. The third kappa shape index (κ3) is 2.18. The Morgan fingerprint density at radius 2 is 2.06 bits per heavy atom. The standard InChI is InChI=1S/C12H9ClO3S/c1-2-16-12(15)10(14)11-9(13)7-5-3-4-6-8(7)17-11/h3-6H,2H2,1H3. The lowest BCUT2D eigenvalue weighted by molar-refractivity contribution is -0.137. The van der Waals surface area contributed by atoms with Crippen molar-refractivity contribution in [1.82, 2.24) is 0 Å². The van der Waals surface area contributed by atoms with Crippen molar-refractivity contribution in [2.45, 2.75) is 6.92 Å². The van der Waals surface area contributed by atoms with E-state index in [9.17, 15) is 9.59 Å². The second kappa shape index (κ2) is 4.85. The Bertz CT molecular complexity index is 588. The van der Waals surface area contributed by atoms with Crippen LogP contribution in [0.25, 0.3) is 10.1 Å². The molecule has 0 radical (unpaired) electrons. The lowest BCUT2D eigenvalue weighted by atomic mass is 10.2. The highest BCUT2D eigenvalue weighted by atomic mass is 35.5. The number of benzene rings is 1. The van der Waals surface area contributed by atoms with Crippen molar-refractivity contribution < 1.29 is 14.3 Å². The first-order valence-electron chi connectivity index (χ1n) is 5.03. The van der Waals surface area contributed by atoms with Crippen LogP contribution in [0.2, 0.25) is 5.02 Å². The van der Waals surface area contributed by atoms with E-state index in [0.717, 1.165) is 10.1 Å². The minimum absolute atomic E-state index is 0.174. The van der Waals surface area contributed by atoms with Gasteiger partial charge in [-0.3, -0.25) is 4.79 Å². The van der Waals surface area contributed by atoms with Crippen molar-refractivity contribution in [3.05, 3.63) is 34.2 Å². The quantitative estimate of drug-likeness (QED) is 0.487. The van der Waals surface area contributed by atoms with Crippen molar-refractivity contribution in [2.24, 2.45) is 0 Å². The molecule has 1 heterocycles. The molecule has 0 N–H and O–H groups in total. The molecule has 2 aromatic rings. The van der Waals surface area contributed by atoms with Gasteiger partial charge in [0.05, 0.1) is 11.6 Å². The molecule has 0 fully saturated rings. The largest absolute Gasteiger partial charge is 0.460 e. The second-order valence-corrected chi connectivity index (χ2v) is 4.72. The van der Waals surface area contributed by atoms with Crippen LogP contribution in [-0.4, -0.2) is 18.4 Å². The maximum atomic E-state index is 11.8. The first-order chi connectivity index (χ1) is 8.15. The Kier molecular flexibility index (Phi) is 3.45. The van der Waals surface area contributed by atoms with E-state index in [2.05, 4.69) is 4.74 Å². The van der Waals surface area contributed by atoms with Gasteiger partial charge in [0, 0.05) is 10.1 Å². The molecular formula is C12H9ClO3S. The molecule has 0 unspecified atom stereocenters. The topological polar surface area (TPSA) is 43.4 Å². The SMILES string of the molecule is CCOC(=O)C(=O)c1sc2ccccc2c1Cl. The van der Waals surface area contributed by atoms with Gasteiger partial charge in [0.25, 0.3) is 5.78 Å². The van der Waals surface area contributed by atoms with Crippen molar-refractivity contribution in [1.29, 1.82) is 0 Å². The van der Waals surface area contributed by atoms with Gasteiger partial charge in [0.1, 0.15) is 4.88 Å². The van der Waals surface area contributed by atoms with E-state index in [1.54, 1.807) is 6.92 Å². The van der Waals surface area contributed by atoms with Crippen LogP contribution in [0.5, 0.6) is 0 Å². The number of halogens is 1. The Hall–Kier alpha value is -1.39. The fourth-order valence-electron chi connectivity index (χ4n) is 1.45. The van der Waals surface area contributed by atoms with E-state index in [1.807, 2.05) is 24.3 Å². The second-order valence-electron chi connectivity index (χ2n) is 3.29. The van der Waals surface area contributed by atoms with Gasteiger partial charge >= 0.3 is 5.97 Å². The summed E-state index contributed by atoms with van der Waals surface area (Å²) in [5.41, 5.74) is 0. The number of hydrogen-bond acceptors (Lipinski definition) is 4. The Labute approximate surface area is 107 Å². The number of Topliss-reactive ketones (excluding diaryl/α,β-unsaturated/α-hetero) is 1. The Morgan fingerprint density at radius 1 is 1.35 bits per heavy atom. The Morgan fingerprint density at radius 3 is 2.71 bits per heavy atom. The zero-order valence-corrected chi connectivity index (χ0v) is 10.6. The van der Waals surface area contributed by atoms with E-state index in [4.69, 9.17) is 11.6 Å². The third-order valence-electron chi connectivity index (χ3n) is 2.20. The summed E-state index contributed by atoms with van der Waals surface area (Å²) in [5.74, 6) is -1.54. The maximum Gasteiger partial charge on any atom is 0.380 e. The molecule has 0 saturated heterocycles. The summed E-state index contributed by atoms with van der Waals surface area (Å²) in [6.45, 7) is 1.82. The molecule has 3 nitrogen and oxygen atoms in total. The average molecular weight is 269 g/mol. The number of thiophene rings is 1. The van der Waals surface area contributed by atoms with Gasteiger partial charge in [-0.05, 0) is 13.0 Å². The number of fused-ring (bicyclic) bond motifs is 1. The van der Waals surface area contributed by atoms with Gasteiger partial charge in [-0.25, -0.2) is 4.79 Å². The number of esters is 1. The summed E-state index contributed by atoms with van der Waals surface area (Å²) >= 11 is 7.28. The van der Waals surface area contributed by atoms with Gasteiger partial charge in [0.15, 0.2) is 0 Å². The third-order valence-corrected chi connectivity index (χ3v) is 3.88. The number of hydrogen-bond donors (Lipinski definition) is 0. The summed E-state index contributed by atoms with van der Waals surface area (Å²) in [6.07, 6.45) is 0. The van der Waals surface area contributed by atoms with Crippen molar-refractivity contribution in [3.63, 3.8) is 0 Å². The molecule has 0 bridgehead atoms. The minimum atomic E-state index is -0.860. The van der Waals surface area contributed by atoms with E-state index in [-0.39, 0.29) is 11.5 Å². The van der Waals surface area contributed by atoms with Gasteiger partial charge in [-0.15, -0.1) is 11.3 Å². The van der Waals surface area contributed by atoms with E-state index in [1.165, 1.54) is 11.3 Å². The van der Waals surface area contributed by atoms with Crippen LogP contribution in [0.15, 0.2) is 24.3 Å². The number of ether oxygens (including phenoxy) is 1. The van der Waals surface area contributed by atoms with Crippen LogP contribution >= 0.6 is 22.9 Å². The van der Waals surface area contributed by atoms with Crippen LogP contribution in [0.4, 0.5) is 0 Å². The van der Waals surface area contributed by atoms with Crippen molar-refractivity contribution in [3.8, 4) is 0 Å². The molecule has 0 aliphatic heterocycles. The average Bonchev–Trinajstić information content (AvgIpc) is 2.67. The lowest BCUT2D eigenvalue weighted by Gasteiger charge is -1.98. The van der Waals surface area contributed by atoms with E-state index >= 15 is 0 Å². The zero-order chi connectivity index (χ0) is 12.4. The normalized spacial score (nSPS) is 10.5. The lowest BCUT2D eigenvalue weighted by Crippen LogP contribution is -2.16. The highest BCUT2D eigenvalue weighted by molar-refractivity contribution is 7.22. The molecule has 0 saturated carbocycles. The van der Waals surface area contributed by atoms with Crippen molar-refractivity contribution in [2.75, 3.05) is 6.61 Å². The van der Waals surface area contributed by atoms with Gasteiger partial charge < -0.3 is 4.74 Å². The van der Waals surface area contributed by atoms with Crippen LogP contribution in [0.1, 0.15) is 16.6 Å². The number of rotatable bonds is 3. The molecule has 0 atom stereocenters. The molecule has 0 amide bonds. The van der Waals surface area contributed by atoms with E-state index in [0.29, 0.717) is 5.02 Å². The fraction of sp³-hybridized carbons (Fsp3) is 0.167. The summed E-state index contributed by atoms with van der Waals surface area (Å²) in [7, 11) is 0. The van der Waals surface area contributed by atoms with Crippen LogP contribution < -0.4 is 0 Å². The molecule has 1 aromatic heterocycles. The molecule has 1 aromatic carbocycles. The van der Waals surface area contributed by atoms with E-state index < -0.39 is 11.8 Å². The molecule has 0 spiro atoms. The summed E-state index contributed by atoms with van der Waals surface area (Å²) < 4.78 is 5.55. The summed E-state index contributed by atoms with van der Waals surface area (Å²) in [5, 5.41) is 1.11. The molecule has 17 heavy (non-hydrogen) atoms. The van der Waals surface area contributed by atoms with Crippen LogP contribution in [-0.2, 0) is 9.53 Å². The van der Waals surface area contributed by atoms with Gasteiger partial charge in [0.2, 0.25) is 0 Å². The molecule has 5 heteroatoms. The predicted molar refractivity (Wildman–Crippen MR) is 67.8 cm³/mol. The number of carbonyl (C=O) groups excluding carboxylic acids is 2. The maximum absolute atomic E-state index is 11.8. The number of carbonyl (C=O) groups is 2. The summed E-state index contributed by atoms with van der Waals surface area (Å²) in [6, 6.07) is 7.36. The Balaban J connectivity index is 2.46. The minimum Gasteiger partial charge on any atom is -0.460 e.